The summed E-state index contributed by atoms with van der Waals surface area (Å²) < 4.78 is 13.0. The van der Waals surface area contributed by atoms with Gasteiger partial charge in [0.25, 0.3) is 0 Å². The lowest BCUT2D eigenvalue weighted by atomic mass is 9.98. The van der Waals surface area contributed by atoms with Crippen LogP contribution in [0, 0.1) is 5.92 Å². The molecule has 0 bridgehead atoms. The number of aliphatic hydroxyl groups is 1. The van der Waals surface area contributed by atoms with Crippen LogP contribution in [0.5, 0.6) is 5.88 Å². The molecule has 11 nitrogen and oxygen atoms in total. The number of carbonyl (C=O) groups is 2. The number of nitrogens with zero attached hydrogens (tertiary/aromatic N) is 5. The third-order valence-electron chi connectivity index (χ3n) is 6.59. The number of aliphatic hydroxyl groups excluding tert-OH is 1. The Labute approximate surface area is 221 Å². The summed E-state index contributed by atoms with van der Waals surface area (Å²) in [5.41, 5.74) is 0.599. The number of nitrogens with one attached hydrogen (secondary N) is 1. The van der Waals surface area contributed by atoms with Crippen LogP contribution >= 0.6 is 0 Å². The molecule has 2 aliphatic rings. The molecule has 202 valence electrons. The summed E-state index contributed by atoms with van der Waals surface area (Å²) in [5, 5.41) is 17.6. The molecule has 3 aromatic heterocycles. The maximum absolute atomic E-state index is 13.3. The molecule has 1 amide bonds. The standard InChI is InChI=1S/C27H34N6O5/c1-27(2,3)38-26(36)32(4)23-14-22(30-20-6-5-11-28-25(20)37-18-9-10-18)31-24-19(15-29-33(23)24)21(35)13-16-7-8-17(34)12-16/h5-6,11,14-18,34H,7-10,12-13H2,1-4H3,(H,30,31)/t16-,17-/m0/s1. The Morgan fingerprint density at radius 2 is 2.03 bits per heavy atom. The van der Waals surface area contributed by atoms with Gasteiger partial charge in [-0.1, -0.05) is 0 Å². The number of ketones is 1. The zero-order valence-electron chi connectivity index (χ0n) is 22.2. The Bertz CT molecular complexity index is 1350. The Morgan fingerprint density at radius 3 is 2.71 bits per heavy atom. The van der Waals surface area contributed by atoms with Gasteiger partial charge in [-0.05, 0) is 70.9 Å². The number of Topliss-reactive ketones (excluding diaryl/α,β-unsaturated/α-hetero) is 1. The van der Waals surface area contributed by atoms with Gasteiger partial charge < -0.3 is 19.9 Å². The highest BCUT2D eigenvalue weighted by Gasteiger charge is 2.29. The average Bonchev–Trinajstić information content (AvgIpc) is 3.41. The summed E-state index contributed by atoms with van der Waals surface area (Å²) in [6, 6.07) is 5.29. The van der Waals surface area contributed by atoms with Crippen molar-refractivity contribution >= 4 is 34.8 Å². The minimum Gasteiger partial charge on any atom is -0.473 e. The molecule has 0 radical (unpaired) electrons. The van der Waals surface area contributed by atoms with E-state index < -0.39 is 11.7 Å². The molecule has 0 unspecified atom stereocenters. The molecule has 3 heterocycles. The largest absolute Gasteiger partial charge is 0.473 e. The van der Waals surface area contributed by atoms with Crippen LogP contribution in [-0.2, 0) is 4.74 Å². The Balaban J connectivity index is 1.52. The van der Waals surface area contributed by atoms with Crippen molar-refractivity contribution in [3.63, 3.8) is 0 Å². The van der Waals surface area contributed by atoms with Crippen LogP contribution in [0.1, 0.15) is 69.7 Å². The highest BCUT2D eigenvalue weighted by atomic mass is 16.6. The third kappa shape index (κ3) is 5.88. The SMILES string of the molecule is CN(C(=O)OC(C)(C)C)c1cc(Nc2cccnc2OC2CC2)nc2c(C(=O)C[C@H]3CC[C@H](O)C3)cnn12. The summed E-state index contributed by atoms with van der Waals surface area (Å²) in [6.45, 7) is 5.38. The fourth-order valence-corrected chi connectivity index (χ4v) is 4.54. The fourth-order valence-electron chi connectivity index (χ4n) is 4.54. The summed E-state index contributed by atoms with van der Waals surface area (Å²) in [6.07, 6.45) is 6.79. The third-order valence-corrected chi connectivity index (χ3v) is 6.59. The number of hydrogen-bond donors (Lipinski definition) is 2. The van der Waals surface area contributed by atoms with Gasteiger partial charge in [-0.15, -0.1) is 0 Å². The van der Waals surface area contributed by atoms with E-state index in [0.717, 1.165) is 19.3 Å². The Morgan fingerprint density at radius 1 is 1.24 bits per heavy atom. The van der Waals surface area contributed by atoms with Gasteiger partial charge in [-0.25, -0.2) is 14.8 Å². The number of fused-ring (bicyclic) bond motifs is 1. The molecule has 2 fully saturated rings. The predicted octanol–water partition coefficient (Wildman–Crippen LogP) is 4.51. The van der Waals surface area contributed by atoms with Gasteiger partial charge in [0.1, 0.15) is 29.0 Å². The van der Waals surface area contributed by atoms with Crippen molar-refractivity contribution in [1.29, 1.82) is 0 Å². The van der Waals surface area contributed by atoms with Gasteiger partial charge in [-0.2, -0.15) is 9.61 Å². The molecule has 5 rings (SSSR count). The van der Waals surface area contributed by atoms with Gasteiger partial charge in [0.05, 0.1) is 17.9 Å². The molecule has 11 heteroatoms. The zero-order valence-corrected chi connectivity index (χ0v) is 22.2. The highest BCUT2D eigenvalue weighted by Crippen LogP contribution is 2.34. The van der Waals surface area contributed by atoms with Crippen molar-refractivity contribution in [3.05, 3.63) is 36.2 Å². The van der Waals surface area contributed by atoms with Crippen LogP contribution < -0.4 is 15.0 Å². The number of aromatic nitrogens is 4. The van der Waals surface area contributed by atoms with Crippen molar-refractivity contribution in [2.24, 2.45) is 5.92 Å². The molecule has 2 atom stereocenters. The molecule has 2 saturated carbocycles. The molecule has 2 aliphatic carbocycles. The minimum absolute atomic E-state index is 0.103. The van der Waals surface area contributed by atoms with Crippen LogP contribution in [-0.4, -0.2) is 61.4 Å². The summed E-state index contributed by atoms with van der Waals surface area (Å²) in [7, 11) is 1.58. The van der Waals surface area contributed by atoms with Crippen LogP contribution in [0.4, 0.5) is 22.1 Å². The first-order valence-corrected chi connectivity index (χ1v) is 13.0. The maximum Gasteiger partial charge on any atom is 0.415 e. The molecule has 0 aromatic carbocycles. The number of pyridine rings is 1. The van der Waals surface area contributed by atoms with E-state index in [1.165, 1.54) is 15.6 Å². The van der Waals surface area contributed by atoms with E-state index in [2.05, 4.69) is 15.4 Å². The van der Waals surface area contributed by atoms with Crippen molar-refractivity contribution in [2.45, 2.75) is 77.1 Å². The van der Waals surface area contributed by atoms with Gasteiger partial charge in [0.2, 0.25) is 5.88 Å². The minimum atomic E-state index is -0.694. The number of hydrogen-bond acceptors (Lipinski definition) is 9. The van der Waals surface area contributed by atoms with E-state index in [9.17, 15) is 14.7 Å². The Kier molecular flexibility index (Phi) is 6.95. The summed E-state index contributed by atoms with van der Waals surface area (Å²) >= 11 is 0. The molecule has 0 saturated heterocycles. The van der Waals surface area contributed by atoms with Crippen molar-refractivity contribution in [1.82, 2.24) is 19.6 Å². The lowest BCUT2D eigenvalue weighted by Gasteiger charge is -2.25. The van der Waals surface area contributed by atoms with Crippen LogP contribution in [0.3, 0.4) is 0 Å². The van der Waals surface area contributed by atoms with E-state index in [1.54, 1.807) is 46.1 Å². The van der Waals surface area contributed by atoms with E-state index in [1.807, 2.05) is 6.07 Å². The summed E-state index contributed by atoms with van der Waals surface area (Å²) in [5.74, 6) is 1.24. The van der Waals surface area contributed by atoms with E-state index in [-0.39, 0.29) is 23.9 Å². The second-order valence-electron chi connectivity index (χ2n) is 11.1. The molecule has 3 aromatic rings. The number of carbonyl (C=O) groups excluding carboxylic acids is 2. The summed E-state index contributed by atoms with van der Waals surface area (Å²) in [4.78, 5) is 36.7. The highest BCUT2D eigenvalue weighted by molar-refractivity contribution is 6.02. The second-order valence-corrected chi connectivity index (χ2v) is 11.1. The predicted molar refractivity (Wildman–Crippen MR) is 141 cm³/mol. The first-order chi connectivity index (χ1) is 18.1. The zero-order chi connectivity index (χ0) is 27.0. The first kappa shape index (κ1) is 25.9. The topological polar surface area (TPSA) is 131 Å². The van der Waals surface area contributed by atoms with Crippen molar-refractivity contribution < 1.29 is 24.2 Å². The van der Waals surface area contributed by atoms with E-state index in [0.29, 0.717) is 53.7 Å². The maximum atomic E-state index is 13.3. The Hall–Kier alpha value is -3.73. The van der Waals surface area contributed by atoms with Crippen molar-refractivity contribution in [2.75, 3.05) is 17.3 Å². The van der Waals surface area contributed by atoms with Gasteiger partial charge >= 0.3 is 6.09 Å². The quantitative estimate of drug-likeness (QED) is 0.410. The lowest BCUT2D eigenvalue weighted by Crippen LogP contribution is -2.35. The van der Waals surface area contributed by atoms with Crippen LogP contribution in [0.25, 0.3) is 5.65 Å². The molecule has 0 aliphatic heterocycles. The monoisotopic (exact) mass is 522 g/mol. The number of anilines is 3. The van der Waals surface area contributed by atoms with Crippen molar-refractivity contribution in [3.8, 4) is 5.88 Å². The molecular weight excluding hydrogens is 488 g/mol. The first-order valence-electron chi connectivity index (χ1n) is 13.0. The van der Waals surface area contributed by atoms with Gasteiger partial charge in [-0.3, -0.25) is 9.69 Å². The number of amides is 1. The molecule has 2 N–H and O–H groups in total. The smallest absolute Gasteiger partial charge is 0.415 e. The van der Waals surface area contributed by atoms with E-state index in [4.69, 9.17) is 14.5 Å². The number of rotatable bonds is 8. The van der Waals surface area contributed by atoms with Crippen LogP contribution in [0.2, 0.25) is 0 Å². The van der Waals surface area contributed by atoms with Gasteiger partial charge in [0.15, 0.2) is 11.4 Å². The second kappa shape index (κ2) is 10.2. The number of ether oxygens (including phenoxy) is 2. The van der Waals surface area contributed by atoms with Crippen LogP contribution in [0.15, 0.2) is 30.6 Å². The fraction of sp³-hybridized carbons (Fsp3) is 0.519. The normalized spacial score (nSPS) is 19.4. The average molecular weight is 523 g/mol. The molecular formula is C27H34N6O5. The molecule has 0 spiro atoms. The lowest BCUT2D eigenvalue weighted by molar-refractivity contribution is 0.0587. The van der Waals surface area contributed by atoms with E-state index >= 15 is 0 Å². The molecule has 38 heavy (non-hydrogen) atoms. The van der Waals surface area contributed by atoms with Gasteiger partial charge in [0, 0.05) is 25.7 Å².